The number of para-hydroxylation sites is 2. The second-order valence-electron chi connectivity index (χ2n) is 7.34. The normalized spacial score (nSPS) is 15.4. The zero-order chi connectivity index (χ0) is 19.5. The summed E-state index contributed by atoms with van der Waals surface area (Å²) in [7, 11) is 0. The van der Waals surface area contributed by atoms with Crippen LogP contribution in [0.15, 0.2) is 48.5 Å². The largest absolute Gasteiger partial charge is 0.390 e. The molecule has 28 heavy (non-hydrogen) atoms. The van der Waals surface area contributed by atoms with Crippen molar-refractivity contribution in [3.8, 4) is 0 Å². The highest BCUT2D eigenvalue weighted by atomic mass is 16.3. The smallest absolute Gasteiger partial charge is 0.229 e. The maximum absolute atomic E-state index is 12.5. The van der Waals surface area contributed by atoms with E-state index in [1.54, 1.807) is 4.90 Å². The van der Waals surface area contributed by atoms with Crippen molar-refractivity contribution in [1.82, 2.24) is 14.9 Å². The van der Waals surface area contributed by atoms with Gasteiger partial charge in [0.1, 0.15) is 0 Å². The van der Waals surface area contributed by atoms with E-state index in [1.807, 2.05) is 31.2 Å². The molecule has 146 valence electrons. The van der Waals surface area contributed by atoms with Crippen LogP contribution < -0.4 is 4.90 Å². The zero-order valence-corrected chi connectivity index (χ0v) is 16.1. The molecule has 1 aliphatic rings. The van der Waals surface area contributed by atoms with E-state index in [4.69, 9.17) is 0 Å². The molecule has 6 nitrogen and oxygen atoms in total. The van der Waals surface area contributed by atoms with Gasteiger partial charge in [-0.05, 0) is 29.7 Å². The van der Waals surface area contributed by atoms with Crippen LogP contribution in [0.4, 0.5) is 5.95 Å². The van der Waals surface area contributed by atoms with Crippen LogP contribution in [-0.2, 0) is 17.8 Å². The fourth-order valence-corrected chi connectivity index (χ4v) is 3.84. The molecule has 1 atom stereocenters. The van der Waals surface area contributed by atoms with Crippen molar-refractivity contribution in [3.05, 3.63) is 59.7 Å². The van der Waals surface area contributed by atoms with Crippen LogP contribution in [0.25, 0.3) is 11.0 Å². The van der Waals surface area contributed by atoms with Gasteiger partial charge in [-0.1, -0.05) is 43.3 Å². The molecule has 1 amide bonds. The minimum Gasteiger partial charge on any atom is -0.390 e. The van der Waals surface area contributed by atoms with Crippen molar-refractivity contribution in [2.24, 2.45) is 0 Å². The summed E-state index contributed by atoms with van der Waals surface area (Å²) in [5.74, 6) is 0.443. The average Bonchev–Trinajstić information content (AvgIpc) is 3.15. The summed E-state index contributed by atoms with van der Waals surface area (Å²) >= 11 is 0. The number of benzene rings is 2. The number of aromatic amines is 1. The number of aliphatic hydroxyl groups is 1. The number of hydrogen-bond donors (Lipinski definition) is 2. The molecule has 2 aromatic carbocycles. The van der Waals surface area contributed by atoms with E-state index in [0.29, 0.717) is 18.9 Å². The minimum absolute atomic E-state index is 0.0536. The Morgan fingerprint density at radius 2 is 1.96 bits per heavy atom. The van der Waals surface area contributed by atoms with Gasteiger partial charge in [-0.15, -0.1) is 0 Å². The lowest BCUT2D eigenvalue weighted by Crippen LogP contribution is -2.44. The number of amides is 1. The van der Waals surface area contributed by atoms with Gasteiger partial charge in [-0.25, -0.2) is 4.98 Å². The predicted octanol–water partition coefficient (Wildman–Crippen LogP) is 2.73. The Kier molecular flexibility index (Phi) is 5.41. The molecule has 1 aliphatic heterocycles. The number of nitrogens with one attached hydrogen (secondary N) is 1. The van der Waals surface area contributed by atoms with E-state index in [0.717, 1.165) is 30.5 Å². The Labute approximate surface area is 164 Å². The summed E-state index contributed by atoms with van der Waals surface area (Å²) in [6.07, 6.45) is 0.708. The van der Waals surface area contributed by atoms with E-state index < -0.39 is 6.10 Å². The summed E-state index contributed by atoms with van der Waals surface area (Å²) in [4.78, 5) is 24.1. The SMILES string of the molecule is CCC(=O)N(C[C@@H](O)CN1CCc2ccccc2C1)c1nc2ccccc2[nH]1. The molecule has 2 N–H and O–H groups in total. The number of H-pyrrole nitrogens is 1. The molecular formula is C22H26N4O2. The Morgan fingerprint density at radius 3 is 2.75 bits per heavy atom. The first kappa shape index (κ1) is 18.7. The molecule has 2 heterocycles. The first-order valence-electron chi connectivity index (χ1n) is 9.86. The van der Waals surface area contributed by atoms with Crippen molar-refractivity contribution in [1.29, 1.82) is 0 Å². The molecule has 0 fully saturated rings. The molecular weight excluding hydrogens is 352 g/mol. The highest BCUT2D eigenvalue weighted by Crippen LogP contribution is 2.20. The number of aromatic nitrogens is 2. The molecule has 0 unspecified atom stereocenters. The summed E-state index contributed by atoms with van der Waals surface area (Å²) in [6.45, 7) is 4.33. The Hall–Kier alpha value is -2.70. The molecule has 0 radical (unpaired) electrons. The molecule has 1 aromatic heterocycles. The molecule has 0 aliphatic carbocycles. The van der Waals surface area contributed by atoms with E-state index in [1.165, 1.54) is 11.1 Å². The van der Waals surface area contributed by atoms with Crippen molar-refractivity contribution >= 4 is 22.9 Å². The maximum atomic E-state index is 12.5. The number of anilines is 1. The summed E-state index contributed by atoms with van der Waals surface area (Å²) in [6, 6.07) is 16.1. The van der Waals surface area contributed by atoms with Crippen LogP contribution in [0, 0.1) is 0 Å². The Balaban J connectivity index is 1.45. The van der Waals surface area contributed by atoms with Crippen LogP contribution >= 0.6 is 0 Å². The molecule has 0 spiro atoms. The van der Waals surface area contributed by atoms with Crippen molar-refractivity contribution in [2.45, 2.75) is 32.4 Å². The lowest BCUT2D eigenvalue weighted by Gasteiger charge is -2.31. The number of carbonyl (C=O) groups excluding carboxylic acids is 1. The lowest BCUT2D eigenvalue weighted by atomic mass is 10.00. The molecule has 3 aromatic rings. The molecule has 4 rings (SSSR count). The van der Waals surface area contributed by atoms with Gasteiger partial charge in [0.25, 0.3) is 0 Å². The molecule has 0 saturated carbocycles. The van der Waals surface area contributed by atoms with Gasteiger partial charge in [-0.3, -0.25) is 14.6 Å². The standard InChI is InChI=1S/C22H26N4O2/c1-2-21(28)26(22-23-19-9-5-6-10-20(19)24-22)15-18(27)14-25-12-11-16-7-3-4-8-17(16)13-25/h3-10,18,27H,2,11-15H2,1H3,(H,23,24)/t18-/m0/s1. The quantitative estimate of drug-likeness (QED) is 0.692. The minimum atomic E-state index is -0.644. The van der Waals surface area contributed by atoms with Gasteiger partial charge in [-0.2, -0.15) is 0 Å². The Morgan fingerprint density at radius 1 is 1.21 bits per heavy atom. The molecule has 0 bridgehead atoms. The summed E-state index contributed by atoms with van der Waals surface area (Å²) < 4.78 is 0. The zero-order valence-electron chi connectivity index (χ0n) is 16.1. The van der Waals surface area contributed by atoms with E-state index in [-0.39, 0.29) is 12.5 Å². The number of fused-ring (bicyclic) bond motifs is 2. The fraction of sp³-hybridized carbons (Fsp3) is 0.364. The van der Waals surface area contributed by atoms with Gasteiger partial charge >= 0.3 is 0 Å². The lowest BCUT2D eigenvalue weighted by molar-refractivity contribution is -0.118. The predicted molar refractivity (Wildman–Crippen MR) is 110 cm³/mol. The average molecular weight is 378 g/mol. The maximum Gasteiger partial charge on any atom is 0.229 e. The summed E-state index contributed by atoms with van der Waals surface area (Å²) in [5, 5.41) is 10.7. The topological polar surface area (TPSA) is 72.5 Å². The second-order valence-corrected chi connectivity index (χ2v) is 7.34. The van der Waals surface area contributed by atoms with E-state index in [2.05, 4.69) is 39.1 Å². The number of aliphatic hydroxyl groups excluding tert-OH is 1. The van der Waals surface area contributed by atoms with E-state index >= 15 is 0 Å². The first-order chi connectivity index (χ1) is 13.6. The summed E-state index contributed by atoms with van der Waals surface area (Å²) in [5.41, 5.74) is 4.40. The first-order valence-corrected chi connectivity index (χ1v) is 9.86. The van der Waals surface area contributed by atoms with Crippen LogP contribution in [0.3, 0.4) is 0 Å². The molecule has 6 heteroatoms. The number of imidazole rings is 1. The third kappa shape index (κ3) is 3.93. The van der Waals surface area contributed by atoms with Crippen LogP contribution in [-0.4, -0.2) is 51.6 Å². The van der Waals surface area contributed by atoms with Gasteiger partial charge in [0.15, 0.2) is 0 Å². The highest BCUT2D eigenvalue weighted by Gasteiger charge is 2.24. The van der Waals surface area contributed by atoms with Gasteiger partial charge < -0.3 is 10.1 Å². The van der Waals surface area contributed by atoms with Gasteiger partial charge in [0.2, 0.25) is 11.9 Å². The van der Waals surface area contributed by atoms with Crippen LogP contribution in [0.1, 0.15) is 24.5 Å². The van der Waals surface area contributed by atoms with Crippen molar-refractivity contribution in [2.75, 3.05) is 24.5 Å². The molecule has 0 saturated heterocycles. The number of nitrogens with zero attached hydrogens (tertiary/aromatic N) is 3. The monoisotopic (exact) mass is 378 g/mol. The third-order valence-corrected chi connectivity index (χ3v) is 5.31. The van der Waals surface area contributed by atoms with Gasteiger partial charge in [0, 0.05) is 26.1 Å². The van der Waals surface area contributed by atoms with Crippen molar-refractivity contribution < 1.29 is 9.90 Å². The van der Waals surface area contributed by atoms with Gasteiger partial charge in [0.05, 0.1) is 23.7 Å². The van der Waals surface area contributed by atoms with E-state index in [9.17, 15) is 9.90 Å². The number of carbonyl (C=O) groups is 1. The highest BCUT2D eigenvalue weighted by molar-refractivity contribution is 5.93. The van der Waals surface area contributed by atoms with Crippen LogP contribution in [0.5, 0.6) is 0 Å². The Bertz CT molecular complexity index is 935. The fourth-order valence-electron chi connectivity index (χ4n) is 3.84. The second kappa shape index (κ2) is 8.12. The van der Waals surface area contributed by atoms with Crippen LogP contribution in [0.2, 0.25) is 0 Å². The number of rotatable bonds is 6. The third-order valence-electron chi connectivity index (χ3n) is 5.31. The van der Waals surface area contributed by atoms with Crippen molar-refractivity contribution in [3.63, 3.8) is 0 Å². The number of hydrogen-bond acceptors (Lipinski definition) is 4. The number of β-amino-alcohol motifs (C(OH)–C–C–N with tert-alkyl or cyclic N) is 1.